The maximum atomic E-state index is 11.1. The number of aromatic nitrogens is 1. The Balaban J connectivity index is 0.000000278. The molecule has 29 heavy (non-hydrogen) atoms. The fourth-order valence-corrected chi connectivity index (χ4v) is 3.56. The van der Waals surface area contributed by atoms with Gasteiger partial charge in [-0.05, 0) is 31.5 Å². The number of primary amides is 2. The number of carboxylic acids is 1. The van der Waals surface area contributed by atoms with E-state index in [1.807, 2.05) is 6.07 Å². The molecule has 2 aromatic rings. The van der Waals surface area contributed by atoms with E-state index >= 15 is 0 Å². The van der Waals surface area contributed by atoms with Gasteiger partial charge < -0.3 is 21.9 Å². The third kappa shape index (κ3) is 6.27. The number of hydrogen-bond donors (Lipinski definition) is 5. The zero-order chi connectivity index (χ0) is 21.4. The zero-order valence-electron chi connectivity index (χ0n) is 15.3. The molecule has 0 spiro atoms. The summed E-state index contributed by atoms with van der Waals surface area (Å²) in [6, 6.07) is 7.68. The molecule has 1 fully saturated rings. The largest absolute Gasteiger partial charge is 0.476 e. The van der Waals surface area contributed by atoms with Gasteiger partial charge >= 0.3 is 12.0 Å². The molecule has 1 aromatic heterocycles. The van der Waals surface area contributed by atoms with Crippen LogP contribution in [0.3, 0.4) is 0 Å². The van der Waals surface area contributed by atoms with Gasteiger partial charge in [0.15, 0.2) is 5.69 Å². The van der Waals surface area contributed by atoms with E-state index in [-0.39, 0.29) is 22.5 Å². The Labute approximate surface area is 170 Å². The number of rotatable bonds is 4. The smallest absolute Gasteiger partial charge is 0.357 e. The number of nitrogens with two attached hydrogens (primary N) is 2. The van der Waals surface area contributed by atoms with Crippen molar-refractivity contribution in [2.24, 2.45) is 17.4 Å². The molecule has 1 aliphatic heterocycles. The van der Waals surface area contributed by atoms with Crippen LogP contribution >= 0.6 is 11.3 Å². The number of piperidine rings is 1. The minimum atomic E-state index is -1.27. The van der Waals surface area contributed by atoms with Gasteiger partial charge in [-0.3, -0.25) is 10.1 Å². The molecule has 152 valence electrons. The Kier molecular flexibility index (Phi) is 7.64. The quantitative estimate of drug-likeness (QED) is 0.497. The molecule has 2 heterocycles. The van der Waals surface area contributed by atoms with Gasteiger partial charge in [0, 0.05) is 12.1 Å². The molecule has 0 unspecified atom stereocenters. The SMILES string of the molecule is N#Cc1cccc(-c2nc(C(=O)O)c(NC(N)=O)s2)c1.NC(=O)[C@H]1CCCNC1. The number of carbonyl (C=O) groups excluding carboxylic acids is 2. The number of amides is 3. The normalized spacial score (nSPS) is 15.3. The topological polar surface area (TPSA) is 184 Å². The summed E-state index contributed by atoms with van der Waals surface area (Å²) in [5.41, 5.74) is 10.8. The third-order valence-electron chi connectivity index (χ3n) is 4.00. The van der Waals surface area contributed by atoms with Gasteiger partial charge in [0.2, 0.25) is 5.91 Å². The third-order valence-corrected chi connectivity index (χ3v) is 5.02. The molecule has 1 saturated heterocycles. The van der Waals surface area contributed by atoms with E-state index in [1.54, 1.807) is 24.3 Å². The molecule has 10 nitrogen and oxygen atoms in total. The average Bonchev–Trinajstić information content (AvgIpc) is 3.12. The summed E-state index contributed by atoms with van der Waals surface area (Å²) in [4.78, 5) is 36.4. The number of anilines is 1. The van der Waals surface area contributed by atoms with Crippen LogP contribution in [0.4, 0.5) is 9.80 Å². The molecule has 0 radical (unpaired) electrons. The van der Waals surface area contributed by atoms with Gasteiger partial charge in [0.1, 0.15) is 10.0 Å². The van der Waals surface area contributed by atoms with Crippen molar-refractivity contribution in [3.63, 3.8) is 0 Å². The summed E-state index contributed by atoms with van der Waals surface area (Å²) in [7, 11) is 0. The first-order chi connectivity index (χ1) is 13.8. The Bertz CT molecular complexity index is 946. The van der Waals surface area contributed by atoms with Crippen molar-refractivity contribution in [1.29, 1.82) is 5.26 Å². The molecule has 3 rings (SSSR count). The maximum absolute atomic E-state index is 11.1. The maximum Gasteiger partial charge on any atom is 0.357 e. The van der Waals surface area contributed by atoms with Crippen molar-refractivity contribution >= 4 is 34.2 Å². The van der Waals surface area contributed by atoms with Crippen LogP contribution in [-0.4, -0.2) is 41.1 Å². The van der Waals surface area contributed by atoms with E-state index in [4.69, 9.17) is 21.8 Å². The van der Waals surface area contributed by atoms with E-state index < -0.39 is 12.0 Å². The first kappa shape index (κ1) is 21.8. The molecule has 1 atom stereocenters. The average molecular weight is 416 g/mol. The molecule has 1 aliphatic rings. The lowest BCUT2D eigenvalue weighted by molar-refractivity contribution is -0.122. The lowest BCUT2D eigenvalue weighted by atomic mass is 9.99. The number of nitrogens with one attached hydrogen (secondary N) is 2. The first-order valence-corrected chi connectivity index (χ1v) is 9.44. The number of carbonyl (C=O) groups is 3. The fraction of sp³-hybridized carbons (Fsp3) is 0.278. The van der Waals surface area contributed by atoms with Crippen LogP contribution in [0.2, 0.25) is 0 Å². The van der Waals surface area contributed by atoms with Crippen LogP contribution in [0, 0.1) is 17.2 Å². The van der Waals surface area contributed by atoms with Crippen molar-refractivity contribution in [3.8, 4) is 16.6 Å². The standard InChI is InChI=1S/C12H8N4O3S.C6H12N2O/c13-5-6-2-1-3-7(4-6)9-15-8(11(17)18)10(20-9)16-12(14)19;7-6(9)5-2-1-3-8-4-5/h1-4H,(H,17,18)(H3,14,16,19);5,8H,1-4H2,(H2,7,9)/t;5-/m.0/s1. The number of thiazole rings is 1. The molecule has 7 N–H and O–H groups in total. The highest BCUT2D eigenvalue weighted by Gasteiger charge is 2.19. The Morgan fingerprint density at radius 2 is 2.10 bits per heavy atom. The van der Waals surface area contributed by atoms with E-state index in [2.05, 4.69) is 15.6 Å². The van der Waals surface area contributed by atoms with Crippen molar-refractivity contribution < 1.29 is 19.5 Å². The van der Waals surface area contributed by atoms with Crippen LogP contribution in [0.1, 0.15) is 28.9 Å². The molecule has 11 heteroatoms. The predicted molar refractivity (Wildman–Crippen MR) is 107 cm³/mol. The molecular formula is C18H20N6O4S. The van der Waals surface area contributed by atoms with Crippen LogP contribution < -0.4 is 22.1 Å². The van der Waals surface area contributed by atoms with Crippen LogP contribution in [0.5, 0.6) is 0 Å². The summed E-state index contributed by atoms with van der Waals surface area (Å²) in [6.45, 7) is 1.80. The number of carboxylic acid groups (broad SMARTS) is 1. The van der Waals surface area contributed by atoms with E-state index in [1.165, 1.54) is 0 Å². The van der Waals surface area contributed by atoms with Crippen LogP contribution in [0.15, 0.2) is 24.3 Å². The van der Waals surface area contributed by atoms with Crippen molar-refractivity contribution in [2.45, 2.75) is 12.8 Å². The Hall–Kier alpha value is -3.49. The molecule has 3 amide bonds. The number of urea groups is 1. The Morgan fingerprint density at radius 3 is 2.62 bits per heavy atom. The second-order valence-electron chi connectivity index (χ2n) is 6.13. The van der Waals surface area contributed by atoms with E-state index in [0.717, 1.165) is 37.3 Å². The minimum Gasteiger partial charge on any atom is -0.476 e. The van der Waals surface area contributed by atoms with Crippen molar-refractivity contribution in [1.82, 2.24) is 10.3 Å². The number of nitriles is 1. The van der Waals surface area contributed by atoms with Gasteiger partial charge in [-0.2, -0.15) is 5.26 Å². The van der Waals surface area contributed by atoms with Crippen molar-refractivity contribution in [3.05, 3.63) is 35.5 Å². The monoisotopic (exact) mass is 416 g/mol. The van der Waals surface area contributed by atoms with Gasteiger partial charge in [-0.15, -0.1) is 0 Å². The zero-order valence-corrected chi connectivity index (χ0v) is 16.2. The highest BCUT2D eigenvalue weighted by Crippen LogP contribution is 2.32. The summed E-state index contributed by atoms with van der Waals surface area (Å²) in [5, 5.41) is 23.7. The van der Waals surface area contributed by atoms with Crippen molar-refractivity contribution in [2.75, 3.05) is 18.4 Å². The molecule has 0 aliphatic carbocycles. The van der Waals surface area contributed by atoms with Gasteiger partial charge in [0.25, 0.3) is 0 Å². The summed E-state index contributed by atoms with van der Waals surface area (Å²) >= 11 is 0.975. The second-order valence-corrected chi connectivity index (χ2v) is 7.13. The predicted octanol–water partition coefficient (Wildman–Crippen LogP) is 1.34. The number of aromatic carboxylic acids is 1. The van der Waals surface area contributed by atoms with Gasteiger partial charge in [-0.25, -0.2) is 14.6 Å². The van der Waals surface area contributed by atoms with Crippen LogP contribution in [-0.2, 0) is 4.79 Å². The Morgan fingerprint density at radius 1 is 1.34 bits per heavy atom. The van der Waals surface area contributed by atoms with Crippen LogP contribution in [0.25, 0.3) is 10.6 Å². The fourth-order valence-electron chi connectivity index (χ4n) is 2.60. The summed E-state index contributed by atoms with van der Waals surface area (Å²) in [6.07, 6.45) is 2.04. The molecule has 0 bridgehead atoms. The number of benzene rings is 1. The lowest BCUT2D eigenvalue weighted by Crippen LogP contribution is -2.37. The highest BCUT2D eigenvalue weighted by molar-refractivity contribution is 7.19. The second kappa shape index (κ2) is 10.2. The molecule has 0 saturated carbocycles. The summed E-state index contributed by atoms with van der Waals surface area (Å²) < 4.78 is 0. The lowest BCUT2D eigenvalue weighted by Gasteiger charge is -2.18. The highest BCUT2D eigenvalue weighted by atomic mass is 32.1. The summed E-state index contributed by atoms with van der Waals surface area (Å²) in [5.74, 6) is -1.35. The number of nitrogens with zero attached hydrogens (tertiary/aromatic N) is 2. The van der Waals surface area contributed by atoms with E-state index in [9.17, 15) is 14.4 Å². The van der Waals surface area contributed by atoms with E-state index in [0.29, 0.717) is 16.1 Å². The first-order valence-electron chi connectivity index (χ1n) is 8.63. The number of hydrogen-bond acceptors (Lipinski definition) is 7. The molecule has 1 aromatic carbocycles. The van der Waals surface area contributed by atoms with Gasteiger partial charge in [0.05, 0.1) is 17.6 Å². The minimum absolute atomic E-state index is 0.0577. The van der Waals surface area contributed by atoms with Gasteiger partial charge in [-0.1, -0.05) is 23.5 Å². The molecular weight excluding hydrogens is 396 g/mol.